The SMILES string of the molecule is COc1ccc(CCC(=O)N2CCCN(C(=O)C3(N)CC3)CC2)cc1. The van der Waals surface area contributed by atoms with Gasteiger partial charge < -0.3 is 20.3 Å². The largest absolute Gasteiger partial charge is 0.497 e. The van der Waals surface area contributed by atoms with Crippen molar-refractivity contribution in [1.82, 2.24) is 9.80 Å². The van der Waals surface area contributed by atoms with Crippen LogP contribution in [-0.2, 0) is 16.0 Å². The Balaban J connectivity index is 1.48. The van der Waals surface area contributed by atoms with Crippen molar-refractivity contribution in [2.24, 2.45) is 5.73 Å². The van der Waals surface area contributed by atoms with E-state index >= 15 is 0 Å². The number of hydrogen-bond acceptors (Lipinski definition) is 4. The summed E-state index contributed by atoms with van der Waals surface area (Å²) in [4.78, 5) is 28.6. The second-order valence-electron chi connectivity index (χ2n) is 7.03. The van der Waals surface area contributed by atoms with E-state index in [0.29, 0.717) is 39.0 Å². The molecule has 6 heteroatoms. The van der Waals surface area contributed by atoms with Crippen molar-refractivity contribution in [2.75, 3.05) is 33.3 Å². The van der Waals surface area contributed by atoms with Gasteiger partial charge in [0.1, 0.15) is 5.75 Å². The molecule has 1 saturated carbocycles. The lowest BCUT2D eigenvalue weighted by atomic mass is 10.1. The number of benzene rings is 1. The number of aryl methyl sites for hydroxylation is 1. The molecule has 0 bridgehead atoms. The molecule has 1 saturated heterocycles. The number of nitrogens with two attached hydrogens (primary N) is 1. The Morgan fingerprint density at radius 2 is 1.72 bits per heavy atom. The Morgan fingerprint density at radius 3 is 2.36 bits per heavy atom. The Hall–Kier alpha value is -2.08. The highest BCUT2D eigenvalue weighted by Crippen LogP contribution is 2.34. The summed E-state index contributed by atoms with van der Waals surface area (Å²) in [5.41, 5.74) is 6.53. The second-order valence-corrected chi connectivity index (χ2v) is 7.03. The average molecular weight is 345 g/mol. The predicted molar refractivity (Wildman–Crippen MR) is 95.2 cm³/mol. The van der Waals surface area contributed by atoms with Crippen LogP contribution < -0.4 is 10.5 Å². The number of carbonyl (C=O) groups excluding carboxylic acids is 2. The fourth-order valence-electron chi connectivity index (χ4n) is 3.23. The highest BCUT2D eigenvalue weighted by molar-refractivity contribution is 5.89. The van der Waals surface area contributed by atoms with E-state index in [1.807, 2.05) is 34.1 Å². The Labute approximate surface area is 148 Å². The van der Waals surface area contributed by atoms with Crippen molar-refractivity contribution >= 4 is 11.8 Å². The molecule has 0 radical (unpaired) electrons. The van der Waals surface area contributed by atoms with Gasteiger partial charge in [0.05, 0.1) is 12.6 Å². The average Bonchev–Trinajstić information content (AvgIpc) is 3.42. The molecule has 1 aliphatic heterocycles. The molecule has 2 amide bonds. The van der Waals surface area contributed by atoms with Gasteiger partial charge in [0.2, 0.25) is 11.8 Å². The van der Waals surface area contributed by atoms with Crippen molar-refractivity contribution < 1.29 is 14.3 Å². The van der Waals surface area contributed by atoms with Gasteiger partial charge in [-0.2, -0.15) is 0 Å². The molecule has 1 aromatic rings. The van der Waals surface area contributed by atoms with Crippen LogP contribution in [0.5, 0.6) is 5.75 Å². The molecule has 1 aliphatic carbocycles. The number of carbonyl (C=O) groups is 2. The summed E-state index contributed by atoms with van der Waals surface area (Å²) in [6.07, 6.45) is 3.59. The minimum absolute atomic E-state index is 0.0556. The standard InChI is InChI=1S/C19H27N3O3/c1-25-16-6-3-15(4-7-16)5-8-17(23)21-11-2-12-22(14-13-21)18(24)19(20)9-10-19/h3-4,6-7H,2,5,8-14,20H2,1H3. The summed E-state index contributed by atoms with van der Waals surface area (Å²) >= 11 is 0. The van der Waals surface area contributed by atoms with E-state index in [-0.39, 0.29) is 11.8 Å². The van der Waals surface area contributed by atoms with Crippen LogP contribution in [0, 0.1) is 0 Å². The minimum atomic E-state index is -0.618. The van der Waals surface area contributed by atoms with Crippen LogP contribution in [0.3, 0.4) is 0 Å². The maximum Gasteiger partial charge on any atom is 0.242 e. The molecule has 0 unspecified atom stereocenters. The van der Waals surface area contributed by atoms with Crippen molar-refractivity contribution in [3.63, 3.8) is 0 Å². The molecular formula is C19H27N3O3. The van der Waals surface area contributed by atoms with Crippen molar-refractivity contribution in [1.29, 1.82) is 0 Å². The van der Waals surface area contributed by atoms with Crippen LogP contribution >= 0.6 is 0 Å². The molecule has 0 atom stereocenters. The summed E-state index contributed by atoms with van der Waals surface area (Å²) in [5, 5.41) is 0. The van der Waals surface area contributed by atoms with Crippen LogP contribution in [0.4, 0.5) is 0 Å². The van der Waals surface area contributed by atoms with Crippen LogP contribution in [0.2, 0.25) is 0 Å². The molecule has 0 spiro atoms. The van der Waals surface area contributed by atoms with E-state index in [9.17, 15) is 9.59 Å². The lowest BCUT2D eigenvalue weighted by Crippen LogP contribution is -2.47. The molecule has 2 fully saturated rings. The quantitative estimate of drug-likeness (QED) is 0.869. The summed E-state index contributed by atoms with van der Waals surface area (Å²) < 4.78 is 5.15. The van der Waals surface area contributed by atoms with Crippen molar-refractivity contribution in [2.45, 2.75) is 37.6 Å². The monoisotopic (exact) mass is 345 g/mol. The molecule has 1 heterocycles. The van der Waals surface area contributed by atoms with Gasteiger partial charge in [-0.1, -0.05) is 12.1 Å². The smallest absolute Gasteiger partial charge is 0.242 e. The number of ether oxygens (including phenoxy) is 1. The van der Waals surface area contributed by atoms with Crippen LogP contribution in [0.1, 0.15) is 31.2 Å². The number of methoxy groups -OCH3 is 1. The lowest BCUT2D eigenvalue weighted by molar-refractivity contribution is -0.135. The summed E-state index contributed by atoms with van der Waals surface area (Å²) in [5.74, 6) is 1.03. The third kappa shape index (κ3) is 4.31. The van der Waals surface area contributed by atoms with Gasteiger partial charge >= 0.3 is 0 Å². The van der Waals surface area contributed by atoms with Gasteiger partial charge in [-0.05, 0) is 43.4 Å². The van der Waals surface area contributed by atoms with E-state index in [2.05, 4.69) is 0 Å². The Kier molecular flexibility index (Phi) is 5.27. The number of hydrogen-bond donors (Lipinski definition) is 1. The van der Waals surface area contributed by atoms with Crippen LogP contribution in [0.25, 0.3) is 0 Å². The van der Waals surface area contributed by atoms with E-state index in [1.165, 1.54) is 0 Å². The number of amides is 2. The third-order valence-electron chi connectivity index (χ3n) is 5.14. The second kappa shape index (κ2) is 7.44. The molecule has 6 nitrogen and oxygen atoms in total. The maximum absolute atomic E-state index is 12.5. The van der Waals surface area contributed by atoms with Gasteiger partial charge in [-0.25, -0.2) is 0 Å². The van der Waals surface area contributed by atoms with Crippen molar-refractivity contribution in [3.05, 3.63) is 29.8 Å². The lowest BCUT2D eigenvalue weighted by Gasteiger charge is -2.24. The zero-order valence-corrected chi connectivity index (χ0v) is 14.9. The predicted octanol–water partition coefficient (Wildman–Crippen LogP) is 1.18. The molecular weight excluding hydrogens is 318 g/mol. The van der Waals surface area contributed by atoms with Gasteiger partial charge in [0, 0.05) is 32.6 Å². The minimum Gasteiger partial charge on any atom is -0.497 e. The number of rotatable bonds is 5. The summed E-state index contributed by atoms with van der Waals surface area (Å²) in [7, 11) is 1.64. The molecule has 2 aliphatic rings. The fraction of sp³-hybridized carbons (Fsp3) is 0.579. The van der Waals surface area contributed by atoms with E-state index in [4.69, 9.17) is 10.5 Å². The first-order valence-electron chi connectivity index (χ1n) is 9.01. The van der Waals surface area contributed by atoms with E-state index in [1.54, 1.807) is 7.11 Å². The molecule has 0 aromatic heterocycles. The summed E-state index contributed by atoms with van der Waals surface area (Å²) in [6.45, 7) is 2.60. The highest BCUT2D eigenvalue weighted by atomic mass is 16.5. The van der Waals surface area contributed by atoms with E-state index in [0.717, 1.165) is 30.6 Å². The van der Waals surface area contributed by atoms with Crippen LogP contribution in [-0.4, -0.2) is 60.4 Å². The fourth-order valence-corrected chi connectivity index (χ4v) is 3.23. The first kappa shape index (κ1) is 17.7. The molecule has 3 rings (SSSR count). The Morgan fingerprint density at radius 1 is 1.08 bits per heavy atom. The van der Waals surface area contributed by atoms with Gasteiger partial charge in [-0.15, -0.1) is 0 Å². The summed E-state index contributed by atoms with van der Waals surface area (Å²) in [6, 6.07) is 7.81. The maximum atomic E-state index is 12.5. The van der Waals surface area contributed by atoms with Gasteiger partial charge in [0.15, 0.2) is 0 Å². The first-order chi connectivity index (χ1) is 12.0. The molecule has 136 valence electrons. The third-order valence-corrected chi connectivity index (χ3v) is 5.14. The molecule has 25 heavy (non-hydrogen) atoms. The van der Waals surface area contributed by atoms with Crippen molar-refractivity contribution in [3.8, 4) is 5.75 Å². The Bertz CT molecular complexity index is 625. The first-order valence-corrected chi connectivity index (χ1v) is 9.01. The normalized spacial score (nSPS) is 19.3. The van der Waals surface area contributed by atoms with Gasteiger partial charge in [0.25, 0.3) is 0 Å². The highest BCUT2D eigenvalue weighted by Gasteiger charge is 2.48. The zero-order chi connectivity index (χ0) is 17.9. The molecule has 1 aromatic carbocycles. The number of nitrogens with zero attached hydrogens (tertiary/aromatic N) is 2. The van der Waals surface area contributed by atoms with Crippen LogP contribution in [0.15, 0.2) is 24.3 Å². The molecule has 2 N–H and O–H groups in total. The van der Waals surface area contributed by atoms with E-state index < -0.39 is 5.54 Å². The zero-order valence-electron chi connectivity index (χ0n) is 14.9. The topological polar surface area (TPSA) is 75.9 Å². The van der Waals surface area contributed by atoms with Gasteiger partial charge in [-0.3, -0.25) is 9.59 Å².